The van der Waals surface area contributed by atoms with Crippen LogP contribution in [0.1, 0.15) is 55.2 Å². The van der Waals surface area contributed by atoms with Crippen LogP contribution >= 0.6 is 0 Å². The van der Waals surface area contributed by atoms with E-state index in [2.05, 4.69) is 21.8 Å². The van der Waals surface area contributed by atoms with Gasteiger partial charge >= 0.3 is 5.97 Å². The normalized spacial score (nSPS) is 17.0. The van der Waals surface area contributed by atoms with E-state index in [1.54, 1.807) is 18.2 Å². The summed E-state index contributed by atoms with van der Waals surface area (Å²) in [4.78, 5) is 13.6. The predicted octanol–water partition coefficient (Wildman–Crippen LogP) is 6.53. The molecule has 0 aliphatic heterocycles. The second-order valence-electron chi connectivity index (χ2n) is 12.4. The van der Waals surface area contributed by atoms with Crippen LogP contribution in [0.25, 0.3) is 0 Å². The topological polar surface area (TPSA) is 114 Å². The fourth-order valence-corrected chi connectivity index (χ4v) is 6.72. The number of hydrogen-bond donors (Lipinski definition) is 2. The van der Waals surface area contributed by atoms with Gasteiger partial charge in [0, 0.05) is 32.1 Å². The summed E-state index contributed by atoms with van der Waals surface area (Å²) in [5.41, 5.74) is 3.64. The van der Waals surface area contributed by atoms with Gasteiger partial charge in [0.1, 0.15) is 36.6 Å². The number of aliphatic hydroxyl groups excluding tert-OH is 1. The summed E-state index contributed by atoms with van der Waals surface area (Å²) in [7, 11) is -3.58. The molecule has 0 aromatic heterocycles. The molecular weight excluding hydrogens is 628 g/mol. The molecule has 1 aliphatic carbocycles. The molecule has 1 fully saturated rings. The first-order valence-corrected chi connectivity index (χ1v) is 18.2. The van der Waals surface area contributed by atoms with Gasteiger partial charge in [-0.05, 0) is 72.6 Å². The Morgan fingerprint density at radius 1 is 0.854 bits per heavy atom. The molecule has 0 amide bonds. The van der Waals surface area contributed by atoms with Crippen molar-refractivity contribution in [3.63, 3.8) is 0 Å². The number of carbonyl (C=O) groups is 1. The highest BCUT2D eigenvalue weighted by molar-refractivity contribution is 7.92. The zero-order valence-electron chi connectivity index (χ0n) is 27.5. The van der Waals surface area contributed by atoms with Crippen LogP contribution in [0.5, 0.6) is 17.2 Å². The smallest absolute Gasteiger partial charge is 0.308 e. The van der Waals surface area contributed by atoms with Crippen molar-refractivity contribution in [2.45, 2.75) is 63.8 Å². The van der Waals surface area contributed by atoms with Gasteiger partial charge in [0.05, 0.1) is 11.9 Å². The summed E-state index contributed by atoms with van der Waals surface area (Å²) in [6.45, 7) is 2.85. The van der Waals surface area contributed by atoms with Crippen LogP contribution in [0.3, 0.4) is 0 Å². The van der Waals surface area contributed by atoms with E-state index in [1.807, 2.05) is 72.8 Å². The van der Waals surface area contributed by atoms with E-state index in [-0.39, 0.29) is 24.9 Å². The van der Waals surface area contributed by atoms with Crippen molar-refractivity contribution in [2.75, 3.05) is 24.1 Å². The third kappa shape index (κ3) is 10.8. The number of carbonyl (C=O) groups excluding carboxylic acids is 1. The standard InChI is InChI=1S/C38H44N2O7S/c1-28(41)47-35-19-15-32(16-20-35)31-13-17-33(18-14-31)40(24-29-9-5-3-6-10-29)25-34(42)27-45-36-21-22-38(37(23-36)39-48(2,43)44)46-26-30-11-7-4-8-12-30/h3-12,15-16,19-23,31,33-34,39,42H,13-14,17-18,24-27H2,1-2H3/t31?,33?,34-/m0/s1. The third-order valence-corrected chi connectivity index (χ3v) is 9.02. The first-order chi connectivity index (χ1) is 23.1. The Morgan fingerprint density at radius 3 is 2.10 bits per heavy atom. The summed E-state index contributed by atoms with van der Waals surface area (Å²) in [5, 5.41) is 11.2. The van der Waals surface area contributed by atoms with Gasteiger partial charge < -0.3 is 19.3 Å². The summed E-state index contributed by atoms with van der Waals surface area (Å²) in [6.07, 6.45) is 4.32. The molecule has 0 spiro atoms. The lowest BCUT2D eigenvalue weighted by Crippen LogP contribution is -2.43. The minimum absolute atomic E-state index is 0.0395. The Balaban J connectivity index is 1.21. The zero-order valence-corrected chi connectivity index (χ0v) is 28.3. The second kappa shape index (κ2) is 16.6. The molecule has 1 aliphatic rings. The maximum Gasteiger partial charge on any atom is 0.308 e. The van der Waals surface area contributed by atoms with Crippen molar-refractivity contribution in [1.82, 2.24) is 4.90 Å². The van der Waals surface area contributed by atoms with E-state index in [0.717, 1.165) is 37.5 Å². The van der Waals surface area contributed by atoms with Crippen molar-refractivity contribution in [2.24, 2.45) is 0 Å². The van der Waals surface area contributed by atoms with Crippen LogP contribution in [0.4, 0.5) is 5.69 Å². The van der Waals surface area contributed by atoms with Crippen molar-refractivity contribution >= 4 is 21.7 Å². The van der Waals surface area contributed by atoms with E-state index < -0.39 is 16.1 Å². The minimum atomic E-state index is -3.58. The van der Waals surface area contributed by atoms with Crippen LogP contribution < -0.4 is 18.9 Å². The molecule has 0 heterocycles. The number of nitrogens with zero attached hydrogens (tertiary/aromatic N) is 1. The maximum absolute atomic E-state index is 12.1. The molecule has 4 aromatic rings. The quantitative estimate of drug-likeness (QED) is 0.108. The summed E-state index contributed by atoms with van der Waals surface area (Å²) < 4.78 is 43.8. The van der Waals surface area contributed by atoms with Gasteiger partial charge in [-0.3, -0.25) is 14.4 Å². The van der Waals surface area contributed by atoms with Crippen molar-refractivity contribution < 1.29 is 32.5 Å². The lowest BCUT2D eigenvalue weighted by molar-refractivity contribution is -0.131. The Hall–Kier alpha value is -4.38. The molecule has 4 aromatic carbocycles. The fraction of sp³-hybridized carbons (Fsp3) is 0.342. The van der Waals surface area contributed by atoms with Gasteiger partial charge in [-0.15, -0.1) is 0 Å². The monoisotopic (exact) mass is 672 g/mol. The molecule has 0 radical (unpaired) electrons. The van der Waals surface area contributed by atoms with Crippen LogP contribution in [0.2, 0.25) is 0 Å². The minimum Gasteiger partial charge on any atom is -0.491 e. The number of aliphatic hydroxyl groups is 1. The number of hydrogen-bond acceptors (Lipinski definition) is 8. The van der Waals surface area contributed by atoms with E-state index in [4.69, 9.17) is 14.2 Å². The molecule has 48 heavy (non-hydrogen) atoms. The molecule has 1 atom stereocenters. The SMILES string of the molecule is CC(=O)Oc1ccc(C2CCC(N(Cc3ccccc3)C[C@H](O)COc3ccc(OCc4ccccc4)c(NS(C)(=O)=O)c3)CC2)cc1. The number of anilines is 1. The van der Waals surface area contributed by atoms with Crippen LogP contribution in [0.15, 0.2) is 103 Å². The highest BCUT2D eigenvalue weighted by Crippen LogP contribution is 2.36. The fourth-order valence-electron chi connectivity index (χ4n) is 6.16. The van der Waals surface area contributed by atoms with Gasteiger partial charge in [0.15, 0.2) is 0 Å². The molecule has 0 saturated heterocycles. The van der Waals surface area contributed by atoms with E-state index in [9.17, 15) is 18.3 Å². The third-order valence-electron chi connectivity index (χ3n) is 8.43. The second-order valence-corrected chi connectivity index (χ2v) is 14.1. The molecule has 5 rings (SSSR count). The molecule has 0 unspecified atom stereocenters. The largest absolute Gasteiger partial charge is 0.491 e. The molecule has 0 bridgehead atoms. The van der Waals surface area contributed by atoms with Crippen molar-refractivity contribution in [3.8, 4) is 17.2 Å². The maximum atomic E-state index is 12.1. The number of nitrogens with one attached hydrogen (secondary N) is 1. The average Bonchev–Trinajstić information content (AvgIpc) is 3.07. The Morgan fingerprint density at radius 2 is 1.48 bits per heavy atom. The lowest BCUT2D eigenvalue weighted by atomic mass is 9.81. The summed E-state index contributed by atoms with van der Waals surface area (Å²) in [5.74, 6) is 1.45. The zero-order chi connectivity index (χ0) is 33.9. The molecule has 254 valence electrons. The number of esters is 1. The predicted molar refractivity (Wildman–Crippen MR) is 187 cm³/mol. The van der Waals surface area contributed by atoms with E-state index >= 15 is 0 Å². The molecular formula is C38H44N2O7S. The Bertz CT molecular complexity index is 1710. The van der Waals surface area contributed by atoms with Crippen molar-refractivity contribution in [1.29, 1.82) is 0 Å². The molecule has 9 nitrogen and oxygen atoms in total. The van der Waals surface area contributed by atoms with Gasteiger partial charge in [0.2, 0.25) is 10.0 Å². The van der Waals surface area contributed by atoms with E-state index in [0.29, 0.717) is 42.3 Å². The Kier molecular flexibility index (Phi) is 12.1. The van der Waals surface area contributed by atoms with E-state index in [1.165, 1.54) is 18.1 Å². The molecule has 2 N–H and O–H groups in total. The highest BCUT2D eigenvalue weighted by Gasteiger charge is 2.28. The first-order valence-electron chi connectivity index (χ1n) is 16.3. The van der Waals surface area contributed by atoms with Gasteiger partial charge in [-0.25, -0.2) is 8.42 Å². The van der Waals surface area contributed by atoms with Crippen LogP contribution in [-0.4, -0.2) is 55.9 Å². The molecule has 1 saturated carbocycles. The van der Waals surface area contributed by atoms with Crippen molar-refractivity contribution in [3.05, 3.63) is 120 Å². The van der Waals surface area contributed by atoms with Gasteiger partial charge in [-0.1, -0.05) is 72.8 Å². The van der Waals surface area contributed by atoms with Crippen LogP contribution in [-0.2, 0) is 28.0 Å². The highest BCUT2D eigenvalue weighted by atomic mass is 32.2. The number of rotatable bonds is 15. The number of ether oxygens (including phenoxy) is 3. The van der Waals surface area contributed by atoms with Crippen LogP contribution in [0, 0.1) is 0 Å². The Labute approximate surface area is 283 Å². The summed E-state index contributed by atoms with van der Waals surface area (Å²) >= 11 is 0. The molecule has 10 heteroatoms. The number of benzene rings is 4. The summed E-state index contributed by atoms with van der Waals surface area (Å²) in [6, 6.07) is 32.9. The lowest BCUT2D eigenvalue weighted by Gasteiger charge is -2.38. The average molecular weight is 673 g/mol. The van der Waals surface area contributed by atoms with Gasteiger partial charge in [-0.2, -0.15) is 0 Å². The number of sulfonamides is 1. The van der Waals surface area contributed by atoms with Gasteiger partial charge in [0.25, 0.3) is 0 Å². The first kappa shape index (κ1) is 34.9.